The van der Waals surface area contributed by atoms with Gasteiger partial charge in [-0.15, -0.1) is 0 Å². The molecule has 41 heavy (non-hydrogen) atoms. The van der Waals surface area contributed by atoms with Gasteiger partial charge < -0.3 is 20.4 Å². The maximum atomic E-state index is 14.1. The quantitative estimate of drug-likeness (QED) is 0.284. The van der Waals surface area contributed by atoms with Crippen LogP contribution < -0.4 is 10.6 Å². The first-order valence-electron chi connectivity index (χ1n) is 15.1. The Balaban J connectivity index is 1.28. The molecule has 2 saturated carbocycles. The number of aromatic amines is 1. The predicted octanol–water partition coefficient (Wildman–Crippen LogP) is 5.81. The van der Waals surface area contributed by atoms with E-state index in [4.69, 9.17) is 21.3 Å². The minimum atomic E-state index is -0.855. The highest BCUT2D eigenvalue weighted by molar-refractivity contribution is 6.31. The maximum absolute atomic E-state index is 14.1. The van der Waals surface area contributed by atoms with E-state index in [-0.39, 0.29) is 35.2 Å². The number of carbonyl (C=O) groups is 2. The van der Waals surface area contributed by atoms with Gasteiger partial charge in [0.2, 0.25) is 11.8 Å². The standard InChI is InChI=1S/C33H41ClN4O3/c1-4-35-29(39)28(32(3)12-7-13-32)38-30(40)33(16-17-41-20-33)21-10-11-25-26(18-21)37-27(36-25)19-23(31(2)14-15-31)22-8-5-6-9-24(22)34/h5-6,8-11,18,23,28H,4,7,12-17,19-20H2,1-3H3,(H,35,39)(H,36,37)(H,38,40)/t23?,28-,33?/m0/s1. The molecule has 0 spiro atoms. The van der Waals surface area contributed by atoms with Gasteiger partial charge in [0.15, 0.2) is 0 Å². The van der Waals surface area contributed by atoms with Crippen LogP contribution in [0.25, 0.3) is 11.0 Å². The van der Waals surface area contributed by atoms with Crippen LogP contribution in [0.1, 0.15) is 82.2 Å². The van der Waals surface area contributed by atoms with E-state index in [0.717, 1.165) is 53.1 Å². The number of carbonyl (C=O) groups excluding carboxylic acids is 2. The van der Waals surface area contributed by atoms with E-state index >= 15 is 0 Å². The maximum Gasteiger partial charge on any atom is 0.243 e. The third-order valence-corrected chi connectivity index (χ3v) is 10.5. The summed E-state index contributed by atoms with van der Waals surface area (Å²) >= 11 is 6.64. The van der Waals surface area contributed by atoms with Gasteiger partial charge in [-0.05, 0) is 85.1 Å². The second kappa shape index (κ2) is 10.7. The number of halogens is 1. The molecule has 7 nitrogen and oxygen atoms in total. The third kappa shape index (κ3) is 5.16. The Kier molecular flexibility index (Phi) is 7.39. The van der Waals surface area contributed by atoms with Gasteiger partial charge in [0, 0.05) is 24.6 Å². The SMILES string of the molecule is CCNC(=O)[C@H](NC(=O)C1(c2ccc3nc(CC(c4ccccc4Cl)C4(C)CC4)[nH]c3c2)CCOC1)C1(C)CCC1. The molecule has 3 aliphatic rings. The normalized spacial score (nSPS) is 23.9. The van der Waals surface area contributed by atoms with Gasteiger partial charge in [0.25, 0.3) is 0 Å². The summed E-state index contributed by atoms with van der Waals surface area (Å²) < 4.78 is 5.83. The van der Waals surface area contributed by atoms with E-state index in [9.17, 15) is 9.59 Å². The highest BCUT2D eigenvalue weighted by Crippen LogP contribution is 2.57. The zero-order valence-corrected chi connectivity index (χ0v) is 25.1. The molecule has 0 radical (unpaired) electrons. The first kappa shape index (κ1) is 28.2. The molecule has 2 amide bonds. The lowest BCUT2D eigenvalue weighted by atomic mass is 9.65. The van der Waals surface area contributed by atoms with Crippen molar-refractivity contribution in [3.8, 4) is 0 Å². The van der Waals surface area contributed by atoms with Crippen LogP contribution in [0.15, 0.2) is 42.5 Å². The highest BCUT2D eigenvalue weighted by atomic mass is 35.5. The van der Waals surface area contributed by atoms with Gasteiger partial charge in [-0.3, -0.25) is 9.59 Å². The van der Waals surface area contributed by atoms with Crippen molar-refractivity contribution in [2.45, 2.75) is 83.1 Å². The summed E-state index contributed by atoms with van der Waals surface area (Å²) in [5.74, 6) is 0.948. The van der Waals surface area contributed by atoms with E-state index in [1.165, 1.54) is 18.4 Å². The number of nitrogens with zero attached hydrogens (tertiary/aromatic N) is 1. The predicted molar refractivity (Wildman–Crippen MR) is 161 cm³/mol. The van der Waals surface area contributed by atoms with Gasteiger partial charge in [0.05, 0.1) is 23.1 Å². The second-order valence-corrected chi connectivity index (χ2v) is 13.4. The van der Waals surface area contributed by atoms with Crippen LogP contribution in [-0.2, 0) is 26.2 Å². The highest BCUT2D eigenvalue weighted by Gasteiger charge is 2.50. The third-order valence-electron chi connectivity index (χ3n) is 10.2. The number of fused-ring (bicyclic) bond motifs is 1. The molecule has 2 aliphatic carbocycles. The largest absolute Gasteiger partial charge is 0.380 e. The number of nitrogens with one attached hydrogen (secondary N) is 3. The number of H-pyrrole nitrogens is 1. The first-order chi connectivity index (χ1) is 19.7. The van der Waals surface area contributed by atoms with Crippen molar-refractivity contribution in [1.29, 1.82) is 0 Å². The van der Waals surface area contributed by atoms with Crippen molar-refractivity contribution < 1.29 is 14.3 Å². The van der Waals surface area contributed by atoms with E-state index < -0.39 is 11.5 Å². The van der Waals surface area contributed by atoms with Crippen molar-refractivity contribution in [2.75, 3.05) is 19.8 Å². The van der Waals surface area contributed by atoms with E-state index in [1.807, 2.05) is 31.2 Å². The number of amides is 2. The molecule has 3 fully saturated rings. The Morgan fingerprint density at radius 3 is 2.49 bits per heavy atom. The summed E-state index contributed by atoms with van der Waals surface area (Å²) in [4.78, 5) is 35.6. The lowest BCUT2D eigenvalue weighted by Crippen LogP contribution is -2.61. The van der Waals surface area contributed by atoms with Crippen molar-refractivity contribution >= 4 is 34.4 Å². The molecule has 8 heteroatoms. The fourth-order valence-electron chi connectivity index (χ4n) is 6.91. The molecule has 1 aromatic heterocycles. The van der Waals surface area contributed by atoms with E-state index in [2.05, 4.69) is 47.7 Å². The lowest BCUT2D eigenvalue weighted by Gasteiger charge is -2.45. The summed E-state index contributed by atoms with van der Waals surface area (Å²) in [6.07, 6.45) is 6.63. The number of rotatable bonds is 10. The number of ether oxygens (including phenoxy) is 1. The molecule has 3 N–H and O–H groups in total. The van der Waals surface area contributed by atoms with Gasteiger partial charge in [0.1, 0.15) is 11.9 Å². The summed E-state index contributed by atoms with van der Waals surface area (Å²) in [5.41, 5.74) is 2.98. The summed E-state index contributed by atoms with van der Waals surface area (Å²) in [6.45, 7) is 7.66. The fourth-order valence-corrected chi connectivity index (χ4v) is 7.18. The summed E-state index contributed by atoms with van der Waals surface area (Å²) in [5, 5.41) is 6.92. The smallest absolute Gasteiger partial charge is 0.243 e. The monoisotopic (exact) mass is 576 g/mol. The lowest BCUT2D eigenvalue weighted by molar-refractivity contribution is -0.136. The van der Waals surface area contributed by atoms with E-state index in [1.54, 1.807) is 0 Å². The van der Waals surface area contributed by atoms with Crippen molar-refractivity contribution in [3.63, 3.8) is 0 Å². The van der Waals surface area contributed by atoms with Gasteiger partial charge in [-0.25, -0.2) is 4.98 Å². The van der Waals surface area contributed by atoms with Gasteiger partial charge >= 0.3 is 0 Å². The van der Waals surface area contributed by atoms with Crippen LogP contribution in [0.3, 0.4) is 0 Å². The second-order valence-electron chi connectivity index (χ2n) is 13.0. The molecule has 3 atom stereocenters. The molecule has 2 aromatic carbocycles. The van der Waals surface area contributed by atoms with Crippen molar-refractivity contribution in [3.05, 3.63) is 64.4 Å². The molecule has 6 rings (SSSR count). The molecule has 218 valence electrons. The van der Waals surface area contributed by atoms with Crippen LogP contribution in [0.2, 0.25) is 5.02 Å². The molecule has 1 saturated heterocycles. The number of benzene rings is 2. The fraction of sp³-hybridized carbons (Fsp3) is 0.545. The Labute approximate surface area is 247 Å². The Morgan fingerprint density at radius 2 is 1.85 bits per heavy atom. The number of hydrogen-bond donors (Lipinski definition) is 3. The Bertz CT molecular complexity index is 1450. The Morgan fingerprint density at radius 1 is 1.07 bits per heavy atom. The van der Waals surface area contributed by atoms with Crippen LogP contribution >= 0.6 is 11.6 Å². The topological polar surface area (TPSA) is 96.1 Å². The molecular weight excluding hydrogens is 536 g/mol. The average Bonchev–Trinajstić information content (AvgIpc) is 3.33. The van der Waals surface area contributed by atoms with Crippen molar-refractivity contribution in [1.82, 2.24) is 20.6 Å². The summed E-state index contributed by atoms with van der Waals surface area (Å²) in [6, 6.07) is 13.6. The van der Waals surface area contributed by atoms with Crippen molar-refractivity contribution in [2.24, 2.45) is 10.8 Å². The molecule has 2 heterocycles. The molecule has 2 unspecified atom stereocenters. The number of likely N-dealkylation sites (N-methyl/N-ethyl adjacent to an activating group) is 1. The zero-order chi connectivity index (χ0) is 28.8. The van der Waals surface area contributed by atoms with E-state index in [0.29, 0.717) is 19.6 Å². The van der Waals surface area contributed by atoms with Gasteiger partial charge in [-0.2, -0.15) is 0 Å². The van der Waals surface area contributed by atoms with Crippen LogP contribution in [0.5, 0.6) is 0 Å². The number of imidazole rings is 1. The Hall–Kier alpha value is -2.90. The molecule has 1 aliphatic heterocycles. The zero-order valence-electron chi connectivity index (χ0n) is 24.3. The van der Waals surface area contributed by atoms with Gasteiger partial charge in [-0.1, -0.05) is 56.1 Å². The first-order valence-corrected chi connectivity index (χ1v) is 15.5. The molecule has 0 bridgehead atoms. The van der Waals surface area contributed by atoms with Crippen LogP contribution in [-0.4, -0.2) is 47.6 Å². The minimum Gasteiger partial charge on any atom is -0.380 e. The number of aromatic nitrogens is 2. The average molecular weight is 577 g/mol. The van der Waals surface area contributed by atoms with Crippen LogP contribution in [0, 0.1) is 10.8 Å². The molecule has 3 aromatic rings. The van der Waals surface area contributed by atoms with Crippen LogP contribution in [0.4, 0.5) is 0 Å². The minimum absolute atomic E-state index is 0.108. The summed E-state index contributed by atoms with van der Waals surface area (Å²) in [7, 11) is 0. The molecular formula is C33H41ClN4O3. The number of hydrogen-bond acceptors (Lipinski definition) is 4.